The topological polar surface area (TPSA) is 112 Å². The maximum absolute atomic E-state index is 13.6. The number of hydrogen-bond donors (Lipinski definition) is 0. The third kappa shape index (κ3) is 6.73. The summed E-state index contributed by atoms with van der Waals surface area (Å²) in [5.41, 5.74) is 0.822. The van der Waals surface area contributed by atoms with Crippen molar-refractivity contribution in [3.05, 3.63) is 41.7 Å². The van der Waals surface area contributed by atoms with Gasteiger partial charge in [0.15, 0.2) is 5.69 Å². The number of esters is 2. The Hall–Kier alpha value is -3.53. The molecule has 39 heavy (non-hydrogen) atoms. The fraction of sp³-hybridized carbons (Fsp3) is 0.552. The molecular formula is C29H40N3O7+. The summed E-state index contributed by atoms with van der Waals surface area (Å²) in [5, 5.41) is 0. The molecule has 0 saturated carbocycles. The number of unbranched alkanes of at least 4 members (excludes halogenated alkanes) is 1. The highest BCUT2D eigenvalue weighted by atomic mass is 16.6. The third-order valence-corrected chi connectivity index (χ3v) is 6.54. The quantitative estimate of drug-likeness (QED) is 0.161. The van der Waals surface area contributed by atoms with E-state index in [4.69, 9.17) is 9.47 Å². The average molecular weight is 543 g/mol. The van der Waals surface area contributed by atoms with Crippen LogP contribution in [0.5, 0.6) is 0 Å². The van der Waals surface area contributed by atoms with Crippen molar-refractivity contribution in [1.82, 2.24) is 9.38 Å². The van der Waals surface area contributed by atoms with Gasteiger partial charge in [-0.15, -0.1) is 0 Å². The number of aliphatic imine (C=N–C) groups is 1. The highest BCUT2D eigenvalue weighted by Crippen LogP contribution is 2.45. The second kappa shape index (κ2) is 11.3. The molecule has 10 nitrogen and oxygen atoms in total. The predicted octanol–water partition coefficient (Wildman–Crippen LogP) is 3.92. The molecule has 2 aliphatic rings. The largest absolute Gasteiger partial charge is 0.463 e. The van der Waals surface area contributed by atoms with Crippen LogP contribution >= 0.6 is 0 Å². The summed E-state index contributed by atoms with van der Waals surface area (Å²) in [6, 6.07) is 4.85. The van der Waals surface area contributed by atoms with Crippen LogP contribution in [0.25, 0.3) is 0 Å². The van der Waals surface area contributed by atoms with Crippen LogP contribution in [-0.4, -0.2) is 78.9 Å². The molecule has 3 rings (SSSR count). The lowest BCUT2D eigenvalue weighted by atomic mass is 10.00. The van der Waals surface area contributed by atoms with E-state index in [0.717, 1.165) is 18.4 Å². The van der Waals surface area contributed by atoms with Gasteiger partial charge in [-0.05, 0) is 60.5 Å². The van der Waals surface area contributed by atoms with E-state index >= 15 is 0 Å². The molecule has 2 aliphatic heterocycles. The smallest absolute Gasteiger partial charge is 0.410 e. The number of rotatable bonds is 8. The predicted molar refractivity (Wildman–Crippen MR) is 147 cm³/mol. The number of Topliss-reactive ketones (excluding diaryl/α,β-unsaturated/α-hetero) is 1. The summed E-state index contributed by atoms with van der Waals surface area (Å²) in [5.74, 6) is -2.22. The molecule has 0 saturated heterocycles. The van der Waals surface area contributed by atoms with E-state index in [1.165, 1.54) is 11.1 Å². The van der Waals surface area contributed by atoms with E-state index in [1.54, 1.807) is 25.4 Å². The van der Waals surface area contributed by atoms with E-state index in [-0.39, 0.29) is 16.2 Å². The van der Waals surface area contributed by atoms with Crippen molar-refractivity contribution < 1.29 is 33.4 Å². The fourth-order valence-electron chi connectivity index (χ4n) is 4.95. The number of carbonyl (C=O) groups excluding carboxylic acids is 4. The highest BCUT2D eigenvalue weighted by Gasteiger charge is 2.53. The number of quaternary nitrogens is 1. The minimum atomic E-state index is -1.01. The minimum absolute atomic E-state index is 0.0237. The summed E-state index contributed by atoms with van der Waals surface area (Å²) < 4.78 is 16.0. The molecule has 1 aromatic rings. The van der Waals surface area contributed by atoms with E-state index in [0.29, 0.717) is 37.9 Å². The number of benzene rings is 1. The number of nitrogens with zero attached hydrogens (tertiary/aromatic N) is 3. The van der Waals surface area contributed by atoms with Crippen LogP contribution in [0, 0.1) is 0 Å². The number of hydrogen-bond acceptors (Lipinski definition) is 8. The maximum Gasteiger partial charge on any atom is 0.410 e. The monoisotopic (exact) mass is 542 g/mol. The Bertz CT molecular complexity index is 1210. The third-order valence-electron chi connectivity index (χ3n) is 6.54. The van der Waals surface area contributed by atoms with Gasteiger partial charge in [-0.3, -0.25) is 9.28 Å². The molecule has 1 amide bonds. The molecule has 0 N–H and O–H groups in total. The average Bonchev–Trinajstić information content (AvgIpc) is 3.06. The SMILES string of the molecule is COC(=O)C(=O)C1=NC=C[N@+]2(CCCCN(C)C(=O)OC(C)(C)C)c3c(cccc31)CC2C(=O)OC(C)(C)C. The Morgan fingerprint density at radius 2 is 1.69 bits per heavy atom. The molecule has 0 fully saturated rings. The van der Waals surface area contributed by atoms with Gasteiger partial charge in [0, 0.05) is 25.6 Å². The molecule has 2 atom stereocenters. The highest BCUT2D eigenvalue weighted by molar-refractivity contribution is 6.67. The summed E-state index contributed by atoms with van der Waals surface area (Å²) in [7, 11) is 2.84. The number of para-hydroxylation sites is 1. The van der Waals surface area contributed by atoms with Crippen molar-refractivity contribution >= 4 is 35.2 Å². The lowest BCUT2D eigenvalue weighted by molar-refractivity contribution is -0.159. The van der Waals surface area contributed by atoms with Crippen LogP contribution in [-0.2, 0) is 35.0 Å². The van der Waals surface area contributed by atoms with Crippen LogP contribution < -0.4 is 4.48 Å². The van der Waals surface area contributed by atoms with Gasteiger partial charge in [-0.25, -0.2) is 19.4 Å². The van der Waals surface area contributed by atoms with Crippen molar-refractivity contribution in [3.8, 4) is 0 Å². The molecule has 2 heterocycles. The van der Waals surface area contributed by atoms with Gasteiger partial charge in [0.25, 0.3) is 5.78 Å². The fourth-order valence-corrected chi connectivity index (χ4v) is 4.95. The molecule has 0 radical (unpaired) electrons. The van der Waals surface area contributed by atoms with Crippen molar-refractivity contribution in [2.45, 2.75) is 78.0 Å². The molecular weight excluding hydrogens is 502 g/mol. The molecule has 212 valence electrons. The van der Waals surface area contributed by atoms with E-state index < -0.39 is 35.1 Å². The van der Waals surface area contributed by atoms with Gasteiger partial charge < -0.3 is 19.1 Å². The van der Waals surface area contributed by atoms with Crippen LogP contribution in [0.1, 0.15) is 65.5 Å². The first-order chi connectivity index (χ1) is 18.1. The van der Waals surface area contributed by atoms with Gasteiger partial charge in [-0.1, -0.05) is 12.1 Å². The Morgan fingerprint density at radius 1 is 1.03 bits per heavy atom. The Kier molecular flexibility index (Phi) is 8.69. The zero-order valence-corrected chi connectivity index (χ0v) is 24.2. The zero-order chi connectivity index (χ0) is 29.2. The second-order valence-electron chi connectivity index (χ2n) is 11.9. The molecule has 0 spiro atoms. The number of ether oxygens (including phenoxy) is 3. The molecule has 1 unspecified atom stereocenters. The molecule has 10 heteroatoms. The molecule has 1 aromatic carbocycles. The number of methoxy groups -OCH3 is 1. The van der Waals surface area contributed by atoms with Crippen molar-refractivity contribution in [3.63, 3.8) is 0 Å². The Morgan fingerprint density at radius 3 is 2.31 bits per heavy atom. The molecule has 0 aromatic heterocycles. The van der Waals surface area contributed by atoms with Gasteiger partial charge in [0.2, 0.25) is 6.04 Å². The van der Waals surface area contributed by atoms with Crippen molar-refractivity contribution in [1.29, 1.82) is 0 Å². The first-order valence-electron chi connectivity index (χ1n) is 13.1. The first-order valence-corrected chi connectivity index (χ1v) is 13.1. The zero-order valence-electron chi connectivity index (χ0n) is 24.2. The number of amides is 1. The lowest BCUT2D eigenvalue weighted by Gasteiger charge is -2.37. The van der Waals surface area contributed by atoms with Gasteiger partial charge in [0.05, 0.1) is 25.4 Å². The van der Waals surface area contributed by atoms with E-state index in [9.17, 15) is 19.2 Å². The maximum atomic E-state index is 13.6. The van der Waals surface area contributed by atoms with Crippen LogP contribution in [0.15, 0.2) is 35.6 Å². The van der Waals surface area contributed by atoms with E-state index in [2.05, 4.69) is 9.73 Å². The summed E-state index contributed by atoms with van der Waals surface area (Å²) in [6.45, 7) is 11.9. The second-order valence-corrected chi connectivity index (χ2v) is 11.9. The van der Waals surface area contributed by atoms with Crippen molar-refractivity contribution in [2.75, 3.05) is 27.2 Å². The molecule has 0 bridgehead atoms. The number of carbonyl (C=O) groups is 4. The Labute approximate surface area is 230 Å². The van der Waals surface area contributed by atoms with E-state index in [1.807, 2.05) is 47.6 Å². The number of ketones is 1. The Balaban J connectivity index is 1.95. The first kappa shape index (κ1) is 30.0. The summed E-state index contributed by atoms with van der Waals surface area (Å²) in [4.78, 5) is 56.9. The van der Waals surface area contributed by atoms with Crippen LogP contribution in [0.4, 0.5) is 10.5 Å². The van der Waals surface area contributed by atoms with Gasteiger partial charge in [-0.2, -0.15) is 0 Å². The lowest BCUT2D eigenvalue weighted by Crippen LogP contribution is -2.56. The van der Waals surface area contributed by atoms with Crippen LogP contribution in [0.2, 0.25) is 0 Å². The minimum Gasteiger partial charge on any atom is -0.463 e. The van der Waals surface area contributed by atoms with Gasteiger partial charge >= 0.3 is 18.0 Å². The van der Waals surface area contributed by atoms with Gasteiger partial charge in [0.1, 0.15) is 23.1 Å². The molecule has 0 aliphatic carbocycles. The summed E-state index contributed by atoms with van der Waals surface area (Å²) >= 11 is 0. The van der Waals surface area contributed by atoms with Crippen LogP contribution in [0.3, 0.4) is 0 Å². The standard InChI is InChI=1S/C29H40N3O7/c1-28(2,3)38-25(34)21-18-19-12-11-13-20-22(24(33)26(35)37-8)30-14-17-32(21,23(19)20)16-10-9-15-31(7)27(36)39-29(4,5)6/h11-14,17,21H,9-10,15-16,18H2,1-8H3/q+1/t21?,32-/m0/s1. The van der Waals surface area contributed by atoms with Crippen molar-refractivity contribution in [2.24, 2.45) is 4.99 Å². The normalized spacial score (nSPS) is 19.9. The summed E-state index contributed by atoms with van der Waals surface area (Å²) in [6.07, 6.45) is 4.58.